The van der Waals surface area contributed by atoms with E-state index in [4.69, 9.17) is 0 Å². The average molecular weight is 428 g/mol. The van der Waals surface area contributed by atoms with E-state index in [-0.39, 0.29) is 29.9 Å². The van der Waals surface area contributed by atoms with Crippen LogP contribution in [0.1, 0.15) is 18.2 Å². The Bertz CT molecular complexity index is 1080. The summed E-state index contributed by atoms with van der Waals surface area (Å²) in [4.78, 5) is 23.1. The second kappa shape index (κ2) is 9.24. The third-order valence-corrected chi connectivity index (χ3v) is 4.05. The number of hydrogen-bond donors (Lipinski definition) is 3. The lowest BCUT2D eigenvalue weighted by Crippen LogP contribution is -2.11. The predicted octanol–water partition coefficient (Wildman–Crippen LogP) is 4.60. The first kappa shape index (κ1) is 21.8. The van der Waals surface area contributed by atoms with E-state index in [9.17, 15) is 18.0 Å². The second-order valence-corrected chi connectivity index (χ2v) is 6.58. The van der Waals surface area contributed by atoms with Gasteiger partial charge in [0.15, 0.2) is 11.6 Å². The second-order valence-electron chi connectivity index (χ2n) is 6.58. The molecule has 1 amide bonds. The Hall–Kier alpha value is -3.95. The number of rotatable bonds is 8. The Morgan fingerprint density at radius 3 is 2.61 bits per heavy atom. The molecular formula is C21H19F3N6O. The van der Waals surface area contributed by atoms with Crippen molar-refractivity contribution >= 4 is 29.0 Å². The summed E-state index contributed by atoms with van der Waals surface area (Å²) in [7, 11) is 0. The van der Waals surface area contributed by atoms with Crippen LogP contribution < -0.4 is 16.0 Å². The number of nitrogens with zero attached hydrogens (tertiary/aromatic N) is 3. The first-order chi connectivity index (χ1) is 14.7. The van der Waals surface area contributed by atoms with Crippen LogP contribution in [0.5, 0.6) is 0 Å². The summed E-state index contributed by atoms with van der Waals surface area (Å²) in [5.74, 6) is -4.01. The fourth-order valence-corrected chi connectivity index (χ4v) is 2.52. The Balaban J connectivity index is 1.68. The van der Waals surface area contributed by atoms with Crippen LogP contribution in [0.2, 0.25) is 0 Å². The molecule has 0 aliphatic heterocycles. The third-order valence-electron chi connectivity index (χ3n) is 4.05. The molecule has 7 nitrogen and oxygen atoms in total. The van der Waals surface area contributed by atoms with Gasteiger partial charge in [-0.2, -0.15) is 13.8 Å². The molecule has 2 aromatic heterocycles. The maximum atomic E-state index is 14.1. The fraction of sp³-hybridized carbons (Fsp3) is 0.143. The van der Waals surface area contributed by atoms with Crippen molar-refractivity contribution in [2.75, 3.05) is 16.0 Å². The number of amides is 1. The monoisotopic (exact) mass is 428 g/mol. The average Bonchev–Trinajstić information content (AvgIpc) is 2.74. The summed E-state index contributed by atoms with van der Waals surface area (Å²) in [6.07, 6.45) is 3.44. The maximum Gasteiger partial charge on any atom is 0.286 e. The minimum Gasteiger partial charge on any atom is -0.363 e. The van der Waals surface area contributed by atoms with Crippen LogP contribution in [0.4, 0.5) is 36.3 Å². The van der Waals surface area contributed by atoms with Gasteiger partial charge in [0.05, 0.1) is 6.20 Å². The van der Waals surface area contributed by atoms with Gasteiger partial charge in [-0.05, 0) is 35.9 Å². The maximum absolute atomic E-state index is 14.1. The van der Waals surface area contributed by atoms with E-state index in [1.54, 1.807) is 24.3 Å². The molecule has 0 saturated heterocycles. The van der Waals surface area contributed by atoms with Gasteiger partial charge in [0.25, 0.3) is 5.92 Å². The van der Waals surface area contributed by atoms with Crippen molar-refractivity contribution in [1.82, 2.24) is 15.0 Å². The zero-order valence-corrected chi connectivity index (χ0v) is 16.5. The molecule has 0 fully saturated rings. The number of hydrogen-bond acceptors (Lipinski definition) is 6. The van der Waals surface area contributed by atoms with Gasteiger partial charge >= 0.3 is 0 Å². The lowest BCUT2D eigenvalue weighted by molar-refractivity contribution is -0.111. The first-order valence-electron chi connectivity index (χ1n) is 9.15. The van der Waals surface area contributed by atoms with Crippen molar-refractivity contribution in [1.29, 1.82) is 0 Å². The Morgan fingerprint density at radius 1 is 1.16 bits per heavy atom. The zero-order valence-electron chi connectivity index (χ0n) is 16.5. The first-order valence-corrected chi connectivity index (χ1v) is 9.15. The van der Waals surface area contributed by atoms with E-state index >= 15 is 0 Å². The molecule has 31 heavy (non-hydrogen) atoms. The molecule has 0 aliphatic carbocycles. The van der Waals surface area contributed by atoms with Gasteiger partial charge in [0.2, 0.25) is 11.9 Å². The van der Waals surface area contributed by atoms with Crippen LogP contribution in [0, 0.1) is 5.82 Å². The zero-order chi connectivity index (χ0) is 22.4. The van der Waals surface area contributed by atoms with Gasteiger partial charge < -0.3 is 16.0 Å². The van der Waals surface area contributed by atoms with E-state index in [1.807, 2.05) is 0 Å². The van der Waals surface area contributed by atoms with Crippen LogP contribution in [0.15, 0.2) is 61.4 Å². The van der Waals surface area contributed by atoms with Gasteiger partial charge in [0, 0.05) is 31.0 Å². The molecule has 3 rings (SSSR count). The number of nitrogens with one attached hydrogen (secondary N) is 3. The highest BCUT2D eigenvalue weighted by Crippen LogP contribution is 2.25. The van der Waals surface area contributed by atoms with Crippen LogP contribution in [-0.2, 0) is 17.3 Å². The predicted molar refractivity (Wildman–Crippen MR) is 112 cm³/mol. The number of pyridine rings is 1. The minimum atomic E-state index is -3.03. The van der Waals surface area contributed by atoms with E-state index < -0.39 is 11.7 Å². The topological polar surface area (TPSA) is 91.8 Å². The molecule has 3 aromatic rings. The Labute approximate surface area is 176 Å². The number of carbonyl (C=O) groups is 1. The normalized spacial score (nSPS) is 11.0. The molecule has 0 bridgehead atoms. The van der Waals surface area contributed by atoms with E-state index in [0.29, 0.717) is 16.9 Å². The smallest absolute Gasteiger partial charge is 0.286 e. The lowest BCUT2D eigenvalue weighted by Gasteiger charge is -2.12. The highest BCUT2D eigenvalue weighted by atomic mass is 19.3. The van der Waals surface area contributed by atoms with Gasteiger partial charge in [-0.15, -0.1) is 0 Å². The van der Waals surface area contributed by atoms with Crippen molar-refractivity contribution in [2.45, 2.75) is 19.4 Å². The van der Waals surface area contributed by atoms with Crippen molar-refractivity contribution in [3.05, 3.63) is 78.5 Å². The molecule has 0 atom stereocenters. The fourth-order valence-electron chi connectivity index (χ4n) is 2.52. The minimum absolute atomic E-state index is 0.0708. The van der Waals surface area contributed by atoms with Crippen LogP contribution >= 0.6 is 0 Å². The third kappa shape index (κ3) is 6.01. The number of alkyl halides is 2. The van der Waals surface area contributed by atoms with Crippen LogP contribution in [0.25, 0.3) is 0 Å². The molecule has 1 aromatic carbocycles. The van der Waals surface area contributed by atoms with Gasteiger partial charge in [0.1, 0.15) is 5.69 Å². The van der Waals surface area contributed by atoms with E-state index in [2.05, 4.69) is 37.5 Å². The van der Waals surface area contributed by atoms with Crippen molar-refractivity contribution < 1.29 is 18.0 Å². The molecule has 160 valence electrons. The molecule has 2 heterocycles. The van der Waals surface area contributed by atoms with Crippen LogP contribution in [0.3, 0.4) is 0 Å². The highest BCUT2D eigenvalue weighted by Gasteiger charge is 2.25. The summed E-state index contributed by atoms with van der Waals surface area (Å²) in [6, 6.07) is 9.48. The van der Waals surface area contributed by atoms with Crippen molar-refractivity contribution in [3.63, 3.8) is 0 Å². The Kier molecular flexibility index (Phi) is 6.49. The van der Waals surface area contributed by atoms with Gasteiger partial charge in [-0.3, -0.25) is 9.78 Å². The summed E-state index contributed by atoms with van der Waals surface area (Å²) < 4.78 is 40.6. The summed E-state index contributed by atoms with van der Waals surface area (Å²) >= 11 is 0. The number of carbonyl (C=O) groups excluding carboxylic acids is 1. The molecular weight excluding hydrogens is 409 g/mol. The van der Waals surface area contributed by atoms with Gasteiger partial charge in [-0.25, -0.2) is 9.37 Å². The molecule has 0 spiro atoms. The molecule has 0 radical (unpaired) electrons. The largest absolute Gasteiger partial charge is 0.363 e. The SMILES string of the molecule is C=CC(=O)Nc1cccc(Nc2ncc(F)c(NCc3ccc(C(C)(F)F)nc3)n2)c1. The standard InChI is InChI=1S/C21H19F3N6O/c1-3-18(31)28-14-5-4-6-15(9-14)29-20-27-12-16(22)19(30-20)26-11-13-7-8-17(25-10-13)21(2,23)24/h3-10,12H,1,11H2,2H3,(H,28,31)(H2,26,27,29,30). The van der Waals surface area contributed by atoms with Crippen molar-refractivity contribution in [2.24, 2.45) is 0 Å². The lowest BCUT2D eigenvalue weighted by atomic mass is 10.2. The van der Waals surface area contributed by atoms with Crippen LogP contribution in [-0.4, -0.2) is 20.9 Å². The van der Waals surface area contributed by atoms with Crippen molar-refractivity contribution in [3.8, 4) is 0 Å². The molecule has 10 heteroatoms. The molecule has 3 N–H and O–H groups in total. The highest BCUT2D eigenvalue weighted by molar-refractivity contribution is 5.99. The Morgan fingerprint density at radius 2 is 1.94 bits per heavy atom. The number of benzene rings is 1. The number of anilines is 4. The summed E-state index contributed by atoms with van der Waals surface area (Å²) in [5, 5.41) is 8.35. The summed E-state index contributed by atoms with van der Waals surface area (Å²) in [5.41, 5.74) is 1.33. The van der Waals surface area contributed by atoms with E-state index in [0.717, 1.165) is 19.2 Å². The summed E-state index contributed by atoms with van der Waals surface area (Å²) in [6.45, 7) is 4.28. The molecule has 0 unspecified atom stereocenters. The van der Waals surface area contributed by atoms with Gasteiger partial charge in [-0.1, -0.05) is 18.7 Å². The van der Waals surface area contributed by atoms with E-state index in [1.165, 1.54) is 18.3 Å². The molecule has 0 aliphatic rings. The number of halogens is 3. The number of aromatic nitrogens is 3. The molecule has 0 saturated carbocycles. The quantitative estimate of drug-likeness (QED) is 0.454.